The average Bonchev–Trinajstić information content (AvgIpc) is 1.80. The molecule has 0 spiro atoms. The molecule has 0 saturated carbocycles. The van der Waals surface area contributed by atoms with E-state index < -0.39 is 0 Å². The van der Waals surface area contributed by atoms with Crippen LogP contribution in [0.3, 0.4) is 0 Å². The highest BCUT2D eigenvalue weighted by Crippen LogP contribution is 1.71. The van der Waals surface area contributed by atoms with Crippen molar-refractivity contribution in [1.82, 2.24) is 5.32 Å². The van der Waals surface area contributed by atoms with E-state index >= 15 is 0 Å². The lowest BCUT2D eigenvalue weighted by Crippen LogP contribution is -2.36. The average molecular weight is 130 g/mol. The molecule has 54 valence electrons. The summed E-state index contributed by atoms with van der Waals surface area (Å²) in [6, 6.07) is 0. The molecule has 3 heteroatoms. The molecular formula is C6H14N2O. The van der Waals surface area contributed by atoms with Crippen molar-refractivity contribution in [2.75, 3.05) is 13.2 Å². The summed E-state index contributed by atoms with van der Waals surface area (Å²) in [4.78, 5) is 0. The largest absolute Gasteiger partial charge is 0.500 e. The van der Waals surface area contributed by atoms with Crippen molar-refractivity contribution >= 4 is 0 Å². The summed E-state index contributed by atoms with van der Waals surface area (Å²) in [6.45, 7) is 6.68. The lowest BCUT2D eigenvalue weighted by molar-refractivity contribution is 0.246. The summed E-state index contributed by atoms with van der Waals surface area (Å²) in [5.41, 5.74) is 5.38. The summed E-state index contributed by atoms with van der Waals surface area (Å²) < 4.78 is 4.83. The second kappa shape index (κ2) is 5.59. The third-order valence-corrected chi connectivity index (χ3v) is 0.804. The van der Waals surface area contributed by atoms with Gasteiger partial charge in [-0.25, -0.2) is 0 Å². The standard InChI is InChI=1S/C6H14N2O/c1-3-9-5-4-8-6(2)7/h3,6,8H,1,4-5,7H2,2H3. The maximum atomic E-state index is 5.38. The lowest BCUT2D eigenvalue weighted by Gasteiger charge is -2.06. The number of rotatable bonds is 5. The Bertz CT molecular complexity index is 73.5. The van der Waals surface area contributed by atoms with Gasteiger partial charge in [0.1, 0.15) is 0 Å². The minimum atomic E-state index is 0.0402. The van der Waals surface area contributed by atoms with Gasteiger partial charge in [0.15, 0.2) is 0 Å². The van der Waals surface area contributed by atoms with E-state index in [1.807, 2.05) is 6.92 Å². The normalized spacial score (nSPS) is 12.7. The minimum Gasteiger partial charge on any atom is -0.500 e. The van der Waals surface area contributed by atoms with Crippen molar-refractivity contribution in [3.05, 3.63) is 12.8 Å². The minimum absolute atomic E-state index is 0.0402. The summed E-state index contributed by atoms with van der Waals surface area (Å²) in [5.74, 6) is 0. The quantitative estimate of drug-likeness (QED) is 0.314. The van der Waals surface area contributed by atoms with E-state index in [1.54, 1.807) is 0 Å². The van der Waals surface area contributed by atoms with E-state index in [2.05, 4.69) is 11.9 Å². The molecule has 3 N–H and O–H groups in total. The molecule has 3 nitrogen and oxygen atoms in total. The first-order valence-corrected chi connectivity index (χ1v) is 2.99. The Morgan fingerprint density at radius 3 is 3.00 bits per heavy atom. The van der Waals surface area contributed by atoms with Gasteiger partial charge in [-0.05, 0) is 6.92 Å². The Hall–Kier alpha value is -0.540. The second-order valence-electron chi connectivity index (χ2n) is 1.78. The number of hydrogen-bond acceptors (Lipinski definition) is 3. The van der Waals surface area contributed by atoms with Gasteiger partial charge in [-0.2, -0.15) is 0 Å². The zero-order chi connectivity index (χ0) is 7.11. The molecule has 0 aliphatic heterocycles. The van der Waals surface area contributed by atoms with Gasteiger partial charge in [-0.3, -0.25) is 5.32 Å². The number of nitrogens with one attached hydrogen (secondary N) is 1. The highest BCUT2D eigenvalue weighted by Gasteiger charge is 1.88. The summed E-state index contributed by atoms with van der Waals surface area (Å²) in [6.07, 6.45) is 1.46. The van der Waals surface area contributed by atoms with E-state index in [4.69, 9.17) is 10.5 Å². The van der Waals surface area contributed by atoms with Crippen LogP contribution in [0.2, 0.25) is 0 Å². The van der Waals surface area contributed by atoms with Crippen molar-refractivity contribution in [2.24, 2.45) is 5.73 Å². The van der Waals surface area contributed by atoms with Crippen LogP contribution >= 0.6 is 0 Å². The second-order valence-corrected chi connectivity index (χ2v) is 1.78. The maximum absolute atomic E-state index is 5.38. The van der Waals surface area contributed by atoms with Crippen LogP contribution in [0, 0.1) is 0 Å². The van der Waals surface area contributed by atoms with Crippen molar-refractivity contribution in [3.8, 4) is 0 Å². The van der Waals surface area contributed by atoms with Crippen LogP contribution in [-0.2, 0) is 4.74 Å². The van der Waals surface area contributed by atoms with E-state index in [0.717, 1.165) is 6.54 Å². The lowest BCUT2D eigenvalue weighted by atomic mass is 10.5. The van der Waals surface area contributed by atoms with Crippen molar-refractivity contribution < 1.29 is 4.74 Å². The third-order valence-electron chi connectivity index (χ3n) is 0.804. The van der Waals surface area contributed by atoms with Gasteiger partial charge in [0.05, 0.1) is 19.0 Å². The van der Waals surface area contributed by atoms with Gasteiger partial charge in [0, 0.05) is 6.54 Å². The SMILES string of the molecule is C=COCCNC(C)N. The Kier molecular flexibility index (Phi) is 5.26. The van der Waals surface area contributed by atoms with Crippen LogP contribution in [0.5, 0.6) is 0 Å². The molecule has 0 aromatic rings. The summed E-state index contributed by atoms with van der Waals surface area (Å²) in [5, 5.41) is 2.99. The van der Waals surface area contributed by atoms with Crippen molar-refractivity contribution in [3.63, 3.8) is 0 Å². The maximum Gasteiger partial charge on any atom is 0.0997 e. The van der Waals surface area contributed by atoms with Crippen LogP contribution in [0.4, 0.5) is 0 Å². The van der Waals surface area contributed by atoms with Crippen molar-refractivity contribution in [2.45, 2.75) is 13.1 Å². The molecule has 1 unspecified atom stereocenters. The molecule has 0 amide bonds. The molecule has 0 aliphatic carbocycles. The Balaban J connectivity index is 2.82. The van der Waals surface area contributed by atoms with Gasteiger partial charge < -0.3 is 10.5 Å². The predicted molar refractivity (Wildman–Crippen MR) is 37.8 cm³/mol. The molecule has 0 heterocycles. The molecule has 0 aromatic carbocycles. The number of hydrogen-bond donors (Lipinski definition) is 2. The third kappa shape index (κ3) is 7.46. The van der Waals surface area contributed by atoms with Gasteiger partial charge in [-0.15, -0.1) is 0 Å². The highest BCUT2D eigenvalue weighted by atomic mass is 16.5. The summed E-state index contributed by atoms with van der Waals surface area (Å²) >= 11 is 0. The Morgan fingerprint density at radius 1 is 1.89 bits per heavy atom. The Labute approximate surface area is 55.9 Å². The topological polar surface area (TPSA) is 47.3 Å². The fraction of sp³-hybridized carbons (Fsp3) is 0.667. The zero-order valence-electron chi connectivity index (χ0n) is 5.76. The van der Waals surface area contributed by atoms with E-state index in [9.17, 15) is 0 Å². The van der Waals surface area contributed by atoms with Gasteiger partial charge in [-0.1, -0.05) is 6.58 Å². The van der Waals surface area contributed by atoms with E-state index in [0.29, 0.717) is 6.61 Å². The number of ether oxygens (including phenoxy) is 1. The van der Waals surface area contributed by atoms with Gasteiger partial charge >= 0.3 is 0 Å². The fourth-order valence-electron chi connectivity index (χ4n) is 0.429. The molecule has 0 aliphatic rings. The number of nitrogens with two attached hydrogens (primary N) is 1. The molecule has 0 fully saturated rings. The first-order valence-electron chi connectivity index (χ1n) is 2.99. The first kappa shape index (κ1) is 8.46. The van der Waals surface area contributed by atoms with E-state index in [1.165, 1.54) is 6.26 Å². The molecule has 9 heavy (non-hydrogen) atoms. The van der Waals surface area contributed by atoms with Crippen molar-refractivity contribution in [1.29, 1.82) is 0 Å². The molecule has 0 bridgehead atoms. The molecule has 0 rings (SSSR count). The monoisotopic (exact) mass is 130 g/mol. The fourth-order valence-corrected chi connectivity index (χ4v) is 0.429. The van der Waals surface area contributed by atoms with E-state index in [-0.39, 0.29) is 6.17 Å². The van der Waals surface area contributed by atoms with Crippen LogP contribution in [-0.4, -0.2) is 19.3 Å². The van der Waals surface area contributed by atoms with Gasteiger partial charge in [0.2, 0.25) is 0 Å². The predicted octanol–water partition coefficient (Wildman–Crippen LogP) is 0.0408. The van der Waals surface area contributed by atoms with Crippen LogP contribution in [0.25, 0.3) is 0 Å². The Morgan fingerprint density at radius 2 is 2.56 bits per heavy atom. The van der Waals surface area contributed by atoms with Gasteiger partial charge in [0.25, 0.3) is 0 Å². The molecule has 0 radical (unpaired) electrons. The molecule has 0 saturated heterocycles. The first-order chi connectivity index (χ1) is 4.27. The van der Waals surface area contributed by atoms with Crippen LogP contribution < -0.4 is 11.1 Å². The summed E-state index contributed by atoms with van der Waals surface area (Å²) in [7, 11) is 0. The molecule has 0 aromatic heterocycles. The van der Waals surface area contributed by atoms with Crippen LogP contribution in [0.1, 0.15) is 6.92 Å². The van der Waals surface area contributed by atoms with Crippen LogP contribution in [0.15, 0.2) is 12.8 Å². The highest BCUT2D eigenvalue weighted by molar-refractivity contribution is 4.53. The molecular weight excluding hydrogens is 116 g/mol. The smallest absolute Gasteiger partial charge is 0.0997 e. The zero-order valence-corrected chi connectivity index (χ0v) is 5.76. The molecule has 1 atom stereocenters.